The van der Waals surface area contributed by atoms with E-state index < -0.39 is 0 Å². The fourth-order valence-electron chi connectivity index (χ4n) is 2.64. The van der Waals surface area contributed by atoms with Crippen LogP contribution >= 0.6 is 11.3 Å². The highest BCUT2D eigenvalue weighted by Crippen LogP contribution is 2.32. The highest BCUT2D eigenvalue weighted by Gasteiger charge is 2.30. The van der Waals surface area contributed by atoms with Crippen LogP contribution in [-0.4, -0.2) is 24.6 Å². The highest BCUT2D eigenvalue weighted by atomic mass is 32.1. The lowest BCUT2D eigenvalue weighted by atomic mass is 9.76. The smallest absolute Gasteiger partial charge is 0.109 e. The maximum absolute atomic E-state index is 4.47. The molecular weight excluding hydrogens is 242 g/mol. The van der Waals surface area contributed by atoms with Gasteiger partial charge in [0, 0.05) is 17.6 Å². The highest BCUT2D eigenvalue weighted by molar-refractivity contribution is 7.11. The molecule has 3 nitrogen and oxygen atoms in total. The van der Waals surface area contributed by atoms with Gasteiger partial charge in [0.15, 0.2) is 0 Å². The van der Waals surface area contributed by atoms with Gasteiger partial charge in [-0.3, -0.25) is 0 Å². The first-order valence-electron chi connectivity index (χ1n) is 7.02. The number of thiazole rings is 1. The maximum atomic E-state index is 4.47. The number of nitrogens with zero attached hydrogens (tertiary/aromatic N) is 1. The normalized spacial score (nSPS) is 20.8. The van der Waals surface area contributed by atoms with Gasteiger partial charge in [-0.15, -0.1) is 11.3 Å². The van der Waals surface area contributed by atoms with Crippen LogP contribution in [0.1, 0.15) is 49.0 Å². The van der Waals surface area contributed by atoms with Crippen LogP contribution < -0.4 is 10.6 Å². The van der Waals surface area contributed by atoms with Gasteiger partial charge in [-0.05, 0) is 51.6 Å². The van der Waals surface area contributed by atoms with Gasteiger partial charge in [-0.25, -0.2) is 4.98 Å². The van der Waals surface area contributed by atoms with E-state index in [2.05, 4.69) is 36.4 Å². The Kier molecular flexibility index (Phi) is 4.76. The first-order chi connectivity index (χ1) is 8.65. The number of aryl methyl sites for hydroxylation is 1. The molecule has 1 unspecified atom stereocenters. The van der Waals surface area contributed by atoms with Gasteiger partial charge in [0.05, 0.1) is 6.04 Å². The molecule has 2 N–H and O–H groups in total. The summed E-state index contributed by atoms with van der Waals surface area (Å²) in [6, 6.07) is 0.377. The number of hydrogen-bond acceptors (Lipinski definition) is 4. The minimum Gasteiger partial charge on any atom is -0.317 e. The molecule has 0 radical (unpaired) electrons. The summed E-state index contributed by atoms with van der Waals surface area (Å²) >= 11 is 1.80. The molecule has 18 heavy (non-hydrogen) atoms. The summed E-state index contributed by atoms with van der Waals surface area (Å²) in [5, 5.41) is 8.37. The summed E-state index contributed by atoms with van der Waals surface area (Å²) in [4.78, 5) is 5.77. The van der Waals surface area contributed by atoms with Crippen molar-refractivity contribution in [1.29, 1.82) is 0 Å². The number of rotatable bonds is 5. The number of hydrogen-bond donors (Lipinski definition) is 2. The quantitative estimate of drug-likeness (QED) is 0.861. The zero-order chi connectivity index (χ0) is 13.0. The van der Waals surface area contributed by atoms with Crippen molar-refractivity contribution >= 4 is 11.3 Å². The standard InChI is InChI=1S/C14H25N3S/c1-4-14(5-7-15-8-6-14)10-17-12(3)13-16-9-11(2)18-13/h9,12,15,17H,4-8,10H2,1-3H3. The van der Waals surface area contributed by atoms with Crippen LogP contribution in [-0.2, 0) is 0 Å². The Morgan fingerprint density at radius 2 is 2.22 bits per heavy atom. The van der Waals surface area contributed by atoms with Crippen molar-refractivity contribution in [3.8, 4) is 0 Å². The van der Waals surface area contributed by atoms with Gasteiger partial charge >= 0.3 is 0 Å². The predicted molar refractivity (Wildman–Crippen MR) is 78.1 cm³/mol. The van der Waals surface area contributed by atoms with Crippen LogP contribution in [0.3, 0.4) is 0 Å². The topological polar surface area (TPSA) is 37.0 Å². The molecule has 1 atom stereocenters. The Bertz CT molecular complexity index is 369. The molecule has 0 spiro atoms. The molecule has 0 amide bonds. The van der Waals surface area contributed by atoms with Crippen molar-refractivity contribution in [3.05, 3.63) is 16.1 Å². The van der Waals surface area contributed by atoms with E-state index in [-0.39, 0.29) is 0 Å². The Morgan fingerprint density at radius 1 is 1.50 bits per heavy atom. The van der Waals surface area contributed by atoms with Crippen LogP contribution in [0, 0.1) is 12.3 Å². The number of piperidine rings is 1. The molecule has 1 aromatic heterocycles. The monoisotopic (exact) mass is 267 g/mol. The minimum atomic E-state index is 0.377. The van der Waals surface area contributed by atoms with Crippen LogP contribution in [0.25, 0.3) is 0 Å². The lowest BCUT2D eigenvalue weighted by molar-refractivity contribution is 0.180. The first kappa shape index (κ1) is 14.0. The average molecular weight is 267 g/mol. The zero-order valence-electron chi connectivity index (χ0n) is 11.8. The molecule has 1 fully saturated rings. The average Bonchev–Trinajstić information content (AvgIpc) is 2.84. The molecule has 1 aliphatic rings. The van der Waals surface area contributed by atoms with E-state index in [1.165, 1.54) is 42.2 Å². The van der Waals surface area contributed by atoms with Gasteiger partial charge < -0.3 is 10.6 Å². The third-order valence-corrected chi connectivity index (χ3v) is 5.30. The molecule has 2 heterocycles. The molecule has 1 aliphatic heterocycles. The second-order valence-corrected chi connectivity index (χ2v) is 6.78. The summed E-state index contributed by atoms with van der Waals surface area (Å²) in [6.07, 6.45) is 5.82. The van der Waals surface area contributed by atoms with Crippen molar-refractivity contribution in [3.63, 3.8) is 0 Å². The molecule has 102 valence electrons. The summed E-state index contributed by atoms with van der Waals surface area (Å²) < 4.78 is 0. The Balaban J connectivity index is 1.89. The Morgan fingerprint density at radius 3 is 2.78 bits per heavy atom. The molecule has 1 saturated heterocycles. The third kappa shape index (κ3) is 3.31. The predicted octanol–water partition coefficient (Wildman–Crippen LogP) is 2.88. The molecule has 0 bridgehead atoms. The zero-order valence-corrected chi connectivity index (χ0v) is 12.6. The maximum Gasteiger partial charge on any atom is 0.109 e. The number of aromatic nitrogens is 1. The molecule has 1 aromatic rings. The van der Waals surface area contributed by atoms with E-state index in [4.69, 9.17) is 0 Å². The SMILES string of the molecule is CCC1(CNC(C)c2ncc(C)s2)CCNCC1. The lowest BCUT2D eigenvalue weighted by Gasteiger charge is -2.37. The van der Waals surface area contributed by atoms with Gasteiger partial charge in [0.1, 0.15) is 5.01 Å². The molecule has 0 saturated carbocycles. The van der Waals surface area contributed by atoms with Crippen molar-refractivity contribution in [2.45, 2.75) is 46.1 Å². The first-order valence-corrected chi connectivity index (χ1v) is 7.83. The molecule has 0 aromatic carbocycles. The van der Waals surface area contributed by atoms with Crippen molar-refractivity contribution in [2.24, 2.45) is 5.41 Å². The fraction of sp³-hybridized carbons (Fsp3) is 0.786. The molecule has 4 heteroatoms. The second kappa shape index (κ2) is 6.13. The Labute approximate surface area is 114 Å². The molecule has 2 rings (SSSR count). The third-order valence-electron chi connectivity index (χ3n) is 4.21. The van der Waals surface area contributed by atoms with Crippen LogP contribution in [0.15, 0.2) is 6.20 Å². The largest absolute Gasteiger partial charge is 0.317 e. The Hall–Kier alpha value is -0.450. The van der Waals surface area contributed by atoms with Gasteiger partial charge in [0.25, 0.3) is 0 Å². The van der Waals surface area contributed by atoms with E-state index in [1.54, 1.807) is 11.3 Å². The van der Waals surface area contributed by atoms with Crippen LogP contribution in [0.4, 0.5) is 0 Å². The van der Waals surface area contributed by atoms with E-state index in [1.807, 2.05) is 6.20 Å². The minimum absolute atomic E-state index is 0.377. The van der Waals surface area contributed by atoms with E-state index in [0.717, 1.165) is 6.54 Å². The van der Waals surface area contributed by atoms with Gasteiger partial charge in [0.2, 0.25) is 0 Å². The summed E-state index contributed by atoms with van der Waals surface area (Å²) in [5.74, 6) is 0. The molecular formula is C14H25N3S. The summed E-state index contributed by atoms with van der Waals surface area (Å²) in [5.41, 5.74) is 0.492. The fourth-order valence-corrected chi connectivity index (χ4v) is 3.44. The van der Waals surface area contributed by atoms with E-state index in [0.29, 0.717) is 11.5 Å². The van der Waals surface area contributed by atoms with Crippen molar-refractivity contribution in [2.75, 3.05) is 19.6 Å². The second-order valence-electron chi connectivity index (χ2n) is 5.52. The molecule has 0 aliphatic carbocycles. The summed E-state index contributed by atoms with van der Waals surface area (Å²) in [7, 11) is 0. The van der Waals surface area contributed by atoms with Gasteiger partial charge in [-0.1, -0.05) is 6.92 Å². The van der Waals surface area contributed by atoms with E-state index in [9.17, 15) is 0 Å². The van der Waals surface area contributed by atoms with E-state index >= 15 is 0 Å². The van der Waals surface area contributed by atoms with Crippen molar-refractivity contribution < 1.29 is 0 Å². The number of nitrogens with one attached hydrogen (secondary N) is 2. The lowest BCUT2D eigenvalue weighted by Crippen LogP contribution is -2.43. The van der Waals surface area contributed by atoms with Crippen LogP contribution in [0.2, 0.25) is 0 Å². The van der Waals surface area contributed by atoms with Crippen molar-refractivity contribution in [1.82, 2.24) is 15.6 Å². The van der Waals surface area contributed by atoms with Crippen LogP contribution in [0.5, 0.6) is 0 Å². The summed E-state index contributed by atoms with van der Waals surface area (Å²) in [6.45, 7) is 10.1. The van der Waals surface area contributed by atoms with Gasteiger partial charge in [-0.2, -0.15) is 0 Å².